The summed E-state index contributed by atoms with van der Waals surface area (Å²) in [5.41, 5.74) is 4.30. The van der Waals surface area contributed by atoms with E-state index in [0.29, 0.717) is 46.9 Å². The van der Waals surface area contributed by atoms with Crippen LogP contribution in [0.5, 0.6) is 5.75 Å². The van der Waals surface area contributed by atoms with Crippen LogP contribution in [0.3, 0.4) is 0 Å². The van der Waals surface area contributed by atoms with Crippen LogP contribution in [0.4, 0.5) is 0 Å². The maximum Gasteiger partial charge on any atom is 0.337 e. The van der Waals surface area contributed by atoms with Crippen LogP contribution in [0.25, 0.3) is 0 Å². The summed E-state index contributed by atoms with van der Waals surface area (Å²) in [5, 5.41) is 4.01. The summed E-state index contributed by atoms with van der Waals surface area (Å²) in [4.78, 5) is 38.4. The van der Waals surface area contributed by atoms with Gasteiger partial charge in [-0.05, 0) is 68.0 Å². The molecule has 0 spiro atoms. The second kappa shape index (κ2) is 10.7. The summed E-state index contributed by atoms with van der Waals surface area (Å²) in [7, 11) is 0. The second-order valence-electron chi connectivity index (χ2n) is 9.36. The predicted octanol–water partition coefficient (Wildman–Crippen LogP) is 5.97. The zero-order chi connectivity index (χ0) is 26.0. The average Bonchev–Trinajstić information content (AvgIpc) is 2.83. The molecule has 2 aromatic carbocycles. The summed E-state index contributed by atoms with van der Waals surface area (Å²) in [5.74, 6) is -1.05. The van der Waals surface area contributed by atoms with Crippen molar-refractivity contribution in [3.63, 3.8) is 0 Å². The largest absolute Gasteiger partial charge is 0.459 e. The Bertz CT molecular complexity index is 1240. The molecule has 1 heterocycles. The number of hydrogen-bond acceptors (Lipinski definition) is 6. The van der Waals surface area contributed by atoms with Crippen LogP contribution in [-0.2, 0) is 19.1 Å². The number of nitrogens with one attached hydrogen (secondary N) is 1. The predicted molar refractivity (Wildman–Crippen MR) is 138 cm³/mol. The number of halogens is 1. The van der Waals surface area contributed by atoms with E-state index in [9.17, 15) is 14.4 Å². The zero-order valence-corrected chi connectivity index (χ0v) is 21.6. The number of dihydropyridines is 1. The van der Waals surface area contributed by atoms with E-state index >= 15 is 0 Å². The molecular formula is C29H30ClNO5. The van der Waals surface area contributed by atoms with Gasteiger partial charge in [0, 0.05) is 41.3 Å². The second-order valence-corrected chi connectivity index (χ2v) is 9.79. The standard InChI is InChI=1S/C29H30ClNO5/c1-5-16(2)35-29(34)26-17(3)31-24-14-21(19-6-10-22(30)11-7-19)15-25(33)28(24)27(26)20-8-12-23(13-9-20)36-18(4)32/h6-13,16,21,27,31H,5,14-15H2,1-4H3/t16-,21-,27+/m1/s1. The first-order chi connectivity index (χ1) is 17.2. The lowest BCUT2D eigenvalue weighted by Crippen LogP contribution is -2.36. The quantitative estimate of drug-likeness (QED) is 0.383. The number of ether oxygens (including phenoxy) is 2. The van der Waals surface area contributed by atoms with Gasteiger partial charge in [-0.25, -0.2) is 4.79 Å². The molecule has 4 rings (SSSR count). The van der Waals surface area contributed by atoms with Crippen molar-refractivity contribution in [2.75, 3.05) is 0 Å². The first kappa shape index (κ1) is 25.7. The van der Waals surface area contributed by atoms with E-state index in [-0.39, 0.29) is 17.8 Å². The molecule has 0 aromatic heterocycles. The molecule has 36 heavy (non-hydrogen) atoms. The van der Waals surface area contributed by atoms with Gasteiger partial charge in [0.1, 0.15) is 5.75 Å². The third-order valence-corrected chi connectivity index (χ3v) is 7.00. The van der Waals surface area contributed by atoms with Crippen molar-refractivity contribution in [1.29, 1.82) is 0 Å². The normalized spacial score (nSPS) is 20.4. The maximum absolute atomic E-state index is 13.7. The Hall–Kier alpha value is -3.38. The van der Waals surface area contributed by atoms with Crippen molar-refractivity contribution in [2.45, 2.75) is 64.9 Å². The fourth-order valence-electron chi connectivity index (χ4n) is 4.84. The molecule has 1 N–H and O–H groups in total. The van der Waals surface area contributed by atoms with Gasteiger partial charge in [-0.3, -0.25) is 9.59 Å². The molecule has 1 aliphatic carbocycles. The van der Waals surface area contributed by atoms with Gasteiger partial charge in [-0.2, -0.15) is 0 Å². The Morgan fingerprint density at radius 1 is 1.06 bits per heavy atom. The highest BCUT2D eigenvalue weighted by Gasteiger charge is 2.41. The Labute approximate surface area is 216 Å². The first-order valence-corrected chi connectivity index (χ1v) is 12.5. The van der Waals surface area contributed by atoms with Crippen molar-refractivity contribution < 1.29 is 23.9 Å². The summed E-state index contributed by atoms with van der Waals surface area (Å²) in [6.45, 7) is 6.98. The summed E-state index contributed by atoms with van der Waals surface area (Å²) >= 11 is 6.06. The van der Waals surface area contributed by atoms with Crippen LogP contribution in [0, 0.1) is 0 Å². The van der Waals surface area contributed by atoms with E-state index < -0.39 is 17.9 Å². The van der Waals surface area contributed by atoms with Crippen LogP contribution in [0.2, 0.25) is 5.02 Å². The lowest BCUT2D eigenvalue weighted by atomic mass is 9.71. The van der Waals surface area contributed by atoms with Gasteiger partial charge in [0.25, 0.3) is 0 Å². The first-order valence-electron chi connectivity index (χ1n) is 12.2. The zero-order valence-electron chi connectivity index (χ0n) is 20.9. The number of esters is 2. The molecule has 0 saturated carbocycles. The van der Waals surface area contributed by atoms with Gasteiger partial charge in [0.2, 0.25) is 0 Å². The third-order valence-electron chi connectivity index (χ3n) is 6.75. The van der Waals surface area contributed by atoms with Crippen molar-refractivity contribution in [2.24, 2.45) is 0 Å². The molecule has 0 fully saturated rings. The van der Waals surface area contributed by atoms with Crippen molar-refractivity contribution in [3.8, 4) is 5.75 Å². The number of carbonyl (C=O) groups excluding carboxylic acids is 3. The molecule has 188 valence electrons. The van der Waals surface area contributed by atoms with E-state index in [0.717, 1.165) is 16.8 Å². The lowest BCUT2D eigenvalue weighted by Gasteiger charge is -2.37. The van der Waals surface area contributed by atoms with E-state index in [1.54, 1.807) is 24.3 Å². The van der Waals surface area contributed by atoms with E-state index in [2.05, 4.69) is 5.32 Å². The molecule has 7 heteroatoms. The molecule has 0 bridgehead atoms. The number of benzene rings is 2. The van der Waals surface area contributed by atoms with E-state index in [4.69, 9.17) is 21.1 Å². The number of rotatable bonds is 6. The van der Waals surface area contributed by atoms with E-state index in [1.165, 1.54) is 6.92 Å². The molecule has 0 radical (unpaired) electrons. The number of ketones is 1. The maximum atomic E-state index is 13.7. The minimum absolute atomic E-state index is 0.00873. The van der Waals surface area contributed by atoms with Crippen LogP contribution >= 0.6 is 11.6 Å². The molecule has 0 unspecified atom stereocenters. The average molecular weight is 508 g/mol. The SMILES string of the molecule is CC[C@@H](C)OC(=O)C1=C(C)NC2=C(C(=O)C[C@H](c3ccc(Cl)cc3)C2)[C@H]1c1ccc(OC(C)=O)cc1. The van der Waals surface area contributed by atoms with Gasteiger partial charge in [0.15, 0.2) is 5.78 Å². The van der Waals surface area contributed by atoms with Gasteiger partial charge in [0.05, 0.1) is 11.7 Å². The highest BCUT2D eigenvalue weighted by Crippen LogP contribution is 2.46. The van der Waals surface area contributed by atoms with Gasteiger partial charge in [-0.15, -0.1) is 0 Å². The molecule has 2 aliphatic rings. The number of carbonyl (C=O) groups is 3. The summed E-state index contributed by atoms with van der Waals surface area (Å²) < 4.78 is 10.9. The molecule has 0 saturated heterocycles. The molecule has 3 atom stereocenters. The fraction of sp³-hybridized carbons (Fsp3) is 0.345. The highest BCUT2D eigenvalue weighted by molar-refractivity contribution is 6.30. The monoisotopic (exact) mass is 507 g/mol. The number of Topliss-reactive ketones (excluding diaryl/α,β-unsaturated/α-hetero) is 1. The fourth-order valence-corrected chi connectivity index (χ4v) is 4.96. The van der Waals surface area contributed by atoms with Crippen LogP contribution < -0.4 is 10.1 Å². The van der Waals surface area contributed by atoms with Crippen LogP contribution in [0.1, 0.15) is 69.9 Å². The number of allylic oxidation sites excluding steroid dienone is 3. The Morgan fingerprint density at radius 3 is 2.31 bits per heavy atom. The summed E-state index contributed by atoms with van der Waals surface area (Å²) in [6.07, 6.45) is 1.40. The highest BCUT2D eigenvalue weighted by atomic mass is 35.5. The van der Waals surface area contributed by atoms with Crippen LogP contribution in [0.15, 0.2) is 71.1 Å². The number of hydrogen-bond donors (Lipinski definition) is 1. The molecule has 6 nitrogen and oxygen atoms in total. The minimum atomic E-state index is -0.581. The molecule has 0 amide bonds. The van der Waals surface area contributed by atoms with E-state index in [1.807, 2.05) is 45.0 Å². The Balaban J connectivity index is 1.76. The molecule has 2 aromatic rings. The Kier molecular flexibility index (Phi) is 7.65. The Morgan fingerprint density at radius 2 is 1.69 bits per heavy atom. The smallest absolute Gasteiger partial charge is 0.337 e. The molecular weight excluding hydrogens is 478 g/mol. The van der Waals surface area contributed by atoms with Crippen molar-refractivity contribution in [3.05, 3.63) is 87.2 Å². The van der Waals surface area contributed by atoms with Crippen molar-refractivity contribution in [1.82, 2.24) is 5.32 Å². The molecule has 1 aliphatic heterocycles. The topological polar surface area (TPSA) is 81.7 Å². The van der Waals surface area contributed by atoms with Gasteiger partial charge in [-0.1, -0.05) is 42.8 Å². The van der Waals surface area contributed by atoms with Gasteiger partial charge >= 0.3 is 11.9 Å². The lowest BCUT2D eigenvalue weighted by molar-refractivity contribution is -0.144. The third kappa shape index (κ3) is 5.39. The van der Waals surface area contributed by atoms with Crippen LogP contribution in [-0.4, -0.2) is 23.8 Å². The summed E-state index contributed by atoms with van der Waals surface area (Å²) in [6, 6.07) is 14.5. The minimum Gasteiger partial charge on any atom is -0.459 e. The van der Waals surface area contributed by atoms with Crippen molar-refractivity contribution >= 4 is 29.3 Å². The van der Waals surface area contributed by atoms with Gasteiger partial charge < -0.3 is 14.8 Å².